The Labute approximate surface area is 136 Å². The van der Waals surface area contributed by atoms with Crippen LogP contribution in [0, 0.1) is 5.92 Å². The molecule has 0 radical (unpaired) electrons. The molecular weight excluding hydrogens is 314 g/mol. The monoisotopic (exact) mass is 329 g/mol. The third-order valence-corrected chi connectivity index (χ3v) is 5.17. The number of carbonyl (C=O) groups is 1. The minimum Gasteiger partial charge on any atom is -0.393 e. The van der Waals surface area contributed by atoms with Crippen molar-refractivity contribution in [2.24, 2.45) is 5.92 Å². The molecule has 1 aliphatic rings. The lowest BCUT2D eigenvalue weighted by atomic mass is 9.76. The van der Waals surface area contributed by atoms with Gasteiger partial charge < -0.3 is 10.4 Å². The number of tetrazole rings is 1. The van der Waals surface area contributed by atoms with Crippen molar-refractivity contribution >= 4 is 22.9 Å². The topological polar surface area (TPSA) is 92.4 Å². The van der Waals surface area contributed by atoms with Gasteiger partial charge in [-0.2, -0.15) is 0 Å². The van der Waals surface area contributed by atoms with Crippen LogP contribution in [0.25, 0.3) is 5.65 Å². The van der Waals surface area contributed by atoms with Crippen LogP contribution >= 0.6 is 11.3 Å². The molecule has 1 saturated carbocycles. The molecule has 4 rings (SSSR count). The minimum atomic E-state index is -0.252. The fraction of sp³-hybridized carbons (Fsp3) is 0.333. The van der Waals surface area contributed by atoms with Crippen LogP contribution in [-0.4, -0.2) is 37.2 Å². The zero-order valence-corrected chi connectivity index (χ0v) is 13.0. The highest BCUT2D eigenvalue weighted by Gasteiger charge is 2.36. The normalized spacial score (nSPS) is 21.8. The van der Waals surface area contributed by atoms with Gasteiger partial charge in [-0.25, -0.2) is 4.52 Å². The first-order valence-corrected chi connectivity index (χ1v) is 8.29. The fourth-order valence-electron chi connectivity index (χ4n) is 2.90. The number of aliphatic hydroxyl groups excluding tert-OH is 1. The zero-order chi connectivity index (χ0) is 15.8. The average molecular weight is 329 g/mol. The molecule has 0 aliphatic heterocycles. The number of aliphatic hydroxyl groups is 1. The van der Waals surface area contributed by atoms with E-state index in [0.717, 1.165) is 17.7 Å². The predicted molar refractivity (Wildman–Crippen MR) is 84.0 cm³/mol. The van der Waals surface area contributed by atoms with E-state index in [4.69, 9.17) is 0 Å². The van der Waals surface area contributed by atoms with Gasteiger partial charge >= 0.3 is 0 Å². The molecule has 118 valence electrons. The second-order valence-electron chi connectivity index (χ2n) is 5.75. The summed E-state index contributed by atoms with van der Waals surface area (Å²) in [6.07, 6.45) is 2.85. The predicted octanol–water partition coefficient (Wildman–Crippen LogP) is 1.43. The molecule has 23 heavy (non-hydrogen) atoms. The smallest absolute Gasteiger partial charge is 0.251 e. The molecule has 1 atom stereocenters. The summed E-state index contributed by atoms with van der Waals surface area (Å²) in [7, 11) is 0. The maximum atomic E-state index is 12.6. The fourth-order valence-corrected chi connectivity index (χ4v) is 3.77. The van der Waals surface area contributed by atoms with E-state index in [0.29, 0.717) is 11.2 Å². The number of hydrogen-bond acceptors (Lipinski definition) is 6. The summed E-state index contributed by atoms with van der Waals surface area (Å²) in [6.45, 7) is 0. The van der Waals surface area contributed by atoms with Crippen LogP contribution in [0.4, 0.5) is 0 Å². The van der Waals surface area contributed by atoms with Crippen LogP contribution in [0.15, 0.2) is 35.8 Å². The maximum Gasteiger partial charge on any atom is 0.251 e. The Balaban J connectivity index is 1.56. The van der Waals surface area contributed by atoms with Gasteiger partial charge in [0.1, 0.15) is 0 Å². The molecule has 2 N–H and O–H groups in total. The zero-order valence-electron chi connectivity index (χ0n) is 12.2. The number of nitrogens with zero attached hydrogens (tertiary/aromatic N) is 4. The molecule has 0 spiro atoms. The molecule has 3 heterocycles. The van der Waals surface area contributed by atoms with Crippen LogP contribution in [-0.2, 0) is 0 Å². The van der Waals surface area contributed by atoms with Crippen molar-refractivity contribution in [2.75, 3.05) is 0 Å². The standard InChI is InChI=1S/C15H15N5O2S/c21-11-6-10(7-11)14(12-2-1-5-23-12)16-15(22)9-3-4-20-13(8-9)17-18-19-20/h1-5,8,10-11,14,21H,6-7H2,(H,16,22). The Bertz CT molecular complexity index is 825. The summed E-state index contributed by atoms with van der Waals surface area (Å²) >= 11 is 1.62. The molecule has 0 aromatic carbocycles. The highest BCUT2D eigenvalue weighted by Crippen LogP contribution is 2.39. The summed E-state index contributed by atoms with van der Waals surface area (Å²) in [5.74, 6) is 0.112. The highest BCUT2D eigenvalue weighted by atomic mass is 32.1. The molecular formula is C15H15N5O2S. The van der Waals surface area contributed by atoms with Gasteiger partial charge in [-0.15, -0.1) is 16.4 Å². The number of hydrogen-bond donors (Lipinski definition) is 2. The summed E-state index contributed by atoms with van der Waals surface area (Å²) in [5, 5.41) is 25.9. The van der Waals surface area contributed by atoms with Crippen molar-refractivity contribution in [3.8, 4) is 0 Å². The van der Waals surface area contributed by atoms with Crippen molar-refractivity contribution in [2.45, 2.75) is 25.0 Å². The van der Waals surface area contributed by atoms with Crippen LogP contribution in [0.2, 0.25) is 0 Å². The van der Waals surface area contributed by atoms with Crippen molar-refractivity contribution in [1.29, 1.82) is 0 Å². The van der Waals surface area contributed by atoms with E-state index in [1.807, 2.05) is 17.5 Å². The Hall–Kier alpha value is -2.32. The van der Waals surface area contributed by atoms with Crippen LogP contribution in [0.3, 0.4) is 0 Å². The summed E-state index contributed by atoms with van der Waals surface area (Å²) in [6, 6.07) is 7.28. The van der Waals surface area contributed by atoms with Gasteiger partial charge in [0.05, 0.1) is 12.1 Å². The molecule has 1 amide bonds. The first kappa shape index (κ1) is 14.3. The van der Waals surface area contributed by atoms with E-state index in [1.54, 1.807) is 29.7 Å². The van der Waals surface area contributed by atoms with Crippen LogP contribution in [0.5, 0.6) is 0 Å². The van der Waals surface area contributed by atoms with Crippen LogP contribution in [0.1, 0.15) is 34.1 Å². The molecule has 7 nitrogen and oxygen atoms in total. The largest absolute Gasteiger partial charge is 0.393 e. The van der Waals surface area contributed by atoms with Gasteiger partial charge in [0.15, 0.2) is 5.65 Å². The molecule has 8 heteroatoms. The lowest BCUT2D eigenvalue weighted by Gasteiger charge is -2.37. The van der Waals surface area contributed by atoms with Crippen LogP contribution < -0.4 is 5.32 Å². The maximum absolute atomic E-state index is 12.6. The Morgan fingerprint density at radius 3 is 3.04 bits per heavy atom. The van der Waals surface area contributed by atoms with Crippen molar-refractivity contribution in [1.82, 2.24) is 25.4 Å². The summed E-state index contributed by atoms with van der Waals surface area (Å²) in [5.41, 5.74) is 1.05. The lowest BCUT2D eigenvalue weighted by molar-refractivity contribution is 0.0241. The third-order valence-electron chi connectivity index (χ3n) is 4.22. The average Bonchev–Trinajstić information content (AvgIpc) is 3.19. The van der Waals surface area contributed by atoms with Crippen molar-refractivity contribution in [3.05, 3.63) is 46.3 Å². The number of nitrogens with one attached hydrogen (secondary N) is 1. The molecule has 1 fully saturated rings. The van der Waals surface area contributed by atoms with Gasteiger partial charge in [-0.1, -0.05) is 6.07 Å². The minimum absolute atomic E-state index is 0.0712. The van der Waals surface area contributed by atoms with E-state index in [2.05, 4.69) is 20.8 Å². The molecule has 3 aromatic heterocycles. The Morgan fingerprint density at radius 2 is 2.30 bits per heavy atom. The molecule has 1 unspecified atom stereocenters. The van der Waals surface area contributed by atoms with E-state index in [-0.39, 0.29) is 24.0 Å². The number of pyridine rings is 1. The van der Waals surface area contributed by atoms with E-state index >= 15 is 0 Å². The number of aromatic nitrogens is 4. The number of rotatable bonds is 4. The number of amides is 1. The SMILES string of the molecule is O=C(NC(c1cccs1)C1CC(O)C1)c1ccn2nnnc2c1. The quantitative estimate of drug-likeness (QED) is 0.755. The number of carbonyl (C=O) groups excluding carboxylic acids is 1. The Kier molecular flexibility index (Phi) is 3.55. The van der Waals surface area contributed by atoms with E-state index in [1.165, 1.54) is 4.52 Å². The summed E-state index contributed by atoms with van der Waals surface area (Å²) in [4.78, 5) is 13.7. The molecule has 3 aromatic rings. The number of fused-ring (bicyclic) bond motifs is 1. The second kappa shape index (κ2) is 5.71. The van der Waals surface area contributed by atoms with E-state index in [9.17, 15) is 9.90 Å². The number of thiophene rings is 1. The molecule has 0 saturated heterocycles. The van der Waals surface area contributed by atoms with Crippen molar-refractivity contribution in [3.63, 3.8) is 0 Å². The van der Waals surface area contributed by atoms with Gasteiger partial charge in [-0.3, -0.25) is 4.79 Å². The lowest BCUT2D eigenvalue weighted by Crippen LogP contribution is -2.41. The summed E-state index contributed by atoms with van der Waals surface area (Å²) < 4.78 is 1.51. The molecule has 1 aliphatic carbocycles. The first-order valence-electron chi connectivity index (χ1n) is 7.41. The third kappa shape index (κ3) is 2.71. The molecule has 0 bridgehead atoms. The second-order valence-corrected chi connectivity index (χ2v) is 6.73. The van der Waals surface area contributed by atoms with Gasteiger partial charge in [0.25, 0.3) is 5.91 Å². The van der Waals surface area contributed by atoms with E-state index < -0.39 is 0 Å². The first-order chi connectivity index (χ1) is 11.2. The van der Waals surface area contributed by atoms with Gasteiger partial charge in [0.2, 0.25) is 0 Å². The Morgan fingerprint density at radius 1 is 1.43 bits per heavy atom. The van der Waals surface area contributed by atoms with Gasteiger partial charge in [0, 0.05) is 16.6 Å². The highest BCUT2D eigenvalue weighted by molar-refractivity contribution is 7.10. The van der Waals surface area contributed by atoms with Gasteiger partial charge in [-0.05, 0) is 52.8 Å². The van der Waals surface area contributed by atoms with Crippen molar-refractivity contribution < 1.29 is 9.90 Å².